The Hall–Kier alpha value is -2.68. The molecule has 2 aromatic heterocycles. The van der Waals surface area contributed by atoms with E-state index in [-0.39, 0.29) is 5.91 Å². The molecule has 0 bridgehead atoms. The predicted molar refractivity (Wildman–Crippen MR) is 125 cm³/mol. The maximum atomic E-state index is 12.4. The van der Waals surface area contributed by atoms with Gasteiger partial charge < -0.3 is 5.32 Å². The lowest BCUT2D eigenvalue weighted by molar-refractivity contribution is 0.0949. The van der Waals surface area contributed by atoms with Crippen LogP contribution in [0.25, 0.3) is 5.69 Å². The minimum absolute atomic E-state index is 0.152. The average molecular weight is 470 g/mol. The molecule has 1 N–H and O–H groups in total. The fourth-order valence-corrected chi connectivity index (χ4v) is 4.99. The van der Waals surface area contributed by atoms with Gasteiger partial charge in [0.15, 0.2) is 5.16 Å². The summed E-state index contributed by atoms with van der Waals surface area (Å²) in [5.74, 6) is 1.23. The molecular weight excluding hydrogens is 450 g/mol. The van der Waals surface area contributed by atoms with E-state index in [4.69, 9.17) is 11.6 Å². The zero-order chi connectivity index (χ0) is 21.6. The van der Waals surface area contributed by atoms with Gasteiger partial charge in [-0.25, -0.2) is 4.98 Å². The standard InChI is InChI=1S/C22H20ClN5OS2/c1-15-26-27-22(28(15)18-9-5-8-17(23)12-18)31-14-20-25-19(13-30-20)21(29)24-11-10-16-6-3-2-4-7-16/h2-9,12-13H,10-11,14H2,1H3,(H,24,29). The molecule has 0 radical (unpaired) electrons. The first-order valence-electron chi connectivity index (χ1n) is 9.67. The van der Waals surface area contributed by atoms with Gasteiger partial charge >= 0.3 is 0 Å². The number of nitrogens with zero attached hydrogens (tertiary/aromatic N) is 4. The number of amides is 1. The quantitative estimate of drug-likeness (QED) is 0.369. The largest absolute Gasteiger partial charge is 0.350 e. The molecule has 0 saturated heterocycles. The molecule has 2 heterocycles. The van der Waals surface area contributed by atoms with Crippen molar-refractivity contribution in [3.8, 4) is 5.69 Å². The Balaban J connectivity index is 1.35. The number of aryl methyl sites for hydroxylation is 1. The van der Waals surface area contributed by atoms with E-state index in [0.717, 1.165) is 28.1 Å². The molecule has 0 aliphatic rings. The van der Waals surface area contributed by atoms with Crippen molar-refractivity contribution in [2.24, 2.45) is 0 Å². The fraction of sp³-hybridized carbons (Fsp3) is 0.182. The number of aromatic nitrogens is 4. The highest BCUT2D eigenvalue weighted by molar-refractivity contribution is 7.98. The number of nitrogens with one attached hydrogen (secondary N) is 1. The summed E-state index contributed by atoms with van der Waals surface area (Å²) in [5, 5.41) is 15.5. The molecular formula is C22H20ClN5OS2. The number of halogens is 1. The summed E-state index contributed by atoms with van der Waals surface area (Å²) in [6.45, 7) is 2.48. The van der Waals surface area contributed by atoms with Gasteiger partial charge in [-0.15, -0.1) is 21.5 Å². The second-order valence-electron chi connectivity index (χ2n) is 6.75. The van der Waals surface area contributed by atoms with Crippen molar-refractivity contribution >= 4 is 40.6 Å². The van der Waals surface area contributed by atoms with Crippen LogP contribution in [0, 0.1) is 6.92 Å². The molecule has 0 aliphatic carbocycles. The molecule has 6 nitrogen and oxygen atoms in total. The molecule has 0 fully saturated rings. The Morgan fingerprint density at radius 3 is 2.81 bits per heavy atom. The van der Waals surface area contributed by atoms with Crippen LogP contribution in [0.2, 0.25) is 5.02 Å². The van der Waals surface area contributed by atoms with Gasteiger partial charge in [0.2, 0.25) is 0 Å². The molecule has 158 valence electrons. The topological polar surface area (TPSA) is 72.7 Å². The van der Waals surface area contributed by atoms with Crippen molar-refractivity contribution in [2.45, 2.75) is 24.3 Å². The van der Waals surface area contributed by atoms with Crippen molar-refractivity contribution in [1.29, 1.82) is 0 Å². The number of carbonyl (C=O) groups is 1. The fourth-order valence-electron chi connectivity index (χ4n) is 3.01. The maximum absolute atomic E-state index is 12.4. The van der Waals surface area contributed by atoms with Crippen molar-refractivity contribution in [3.63, 3.8) is 0 Å². The van der Waals surface area contributed by atoms with E-state index < -0.39 is 0 Å². The summed E-state index contributed by atoms with van der Waals surface area (Å²) in [7, 11) is 0. The lowest BCUT2D eigenvalue weighted by Gasteiger charge is -2.08. The van der Waals surface area contributed by atoms with Gasteiger partial charge in [-0.2, -0.15) is 0 Å². The molecule has 2 aromatic carbocycles. The van der Waals surface area contributed by atoms with Gasteiger partial charge in [-0.05, 0) is 37.1 Å². The van der Waals surface area contributed by atoms with Gasteiger partial charge in [-0.3, -0.25) is 9.36 Å². The van der Waals surface area contributed by atoms with Crippen molar-refractivity contribution < 1.29 is 4.79 Å². The third kappa shape index (κ3) is 5.52. The lowest BCUT2D eigenvalue weighted by Crippen LogP contribution is -2.26. The van der Waals surface area contributed by atoms with Gasteiger partial charge in [0.05, 0.1) is 11.4 Å². The smallest absolute Gasteiger partial charge is 0.270 e. The van der Waals surface area contributed by atoms with Crippen LogP contribution in [0.5, 0.6) is 0 Å². The second kappa shape index (κ2) is 10.1. The highest BCUT2D eigenvalue weighted by atomic mass is 35.5. The van der Waals surface area contributed by atoms with Crippen LogP contribution in [0.3, 0.4) is 0 Å². The molecule has 4 rings (SSSR count). The Labute approximate surface area is 193 Å². The molecule has 0 saturated carbocycles. The summed E-state index contributed by atoms with van der Waals surface area (Å²) >= 11 is 9.13. The maximum Gasteiger partial charge on any atom is 0.270 e. The molecule has 0 atom stereocenters. The monoisotopic (exact) mass is 469 g/mol. The van der Waals surface area contributed by atoms with Crippen LogP contribution < -0.4 is 5.32 Å². The Morgan fingerprint density at radius 1 is 1.16 bits per heavy atom. The van der Waals surface area contributed by atoms with Crippen molar-refractivity contribution in [2.75, 3.05) is 6.54 Å². The van der Waals surface area contributed by atoms with E-state index in [0.29, 0.717) is 23.0 Å². The highest BCUT2D eigenvalue weighted by Gasteiger charge is 2.15. The van der Waals surface area contributed by atoms with Crippen LogP contribution in [-0.2, 0) is 12.2 Å². The second-order valence-corrected chi connectivity index (χ2v) is 9.07. The minimum atomic E-state index is -0.152. The third-order valence-electron chi connectivity index (χ3n) is 4.51. The number of benzene rings is 2. The number of carbonyl (C=O) groups excluding carboxylic acids is 1. The normalized spacial score (nSPS) is 10.9. The summed E-state index contributed by atoms with van der Waals surface area (Å²) in [6.07, 6.45) is 0.790. The SMILES string of the molecule is Cc1nnc(SCc2nc(C(=O)NCCc3ccccc3)cs2)n1-c1cccc(Cl)c1. The Kier molecular flexibility index (Phi) is 7.01. The van der Waals surface area contributed by atoms with Crippen LogP contribution in [0.1, 0.15) is 26.9 Å². The summed E-state index contributed by atoms with van der Waals surface area (Å²) < 4.78 is 1.96. The minimum Gasteiger partial charge on any atom is -0.350 e. The summed E-state index contributed by atoms with van der Waals surface area (Å²) in [6, 6.07) is 17.6. The first kappa shape index (κ1) is 21.5. The average Bonchev–Trinajstić information content (AvgIpc) is 3.39. The van der Waals surface area contributed by atoms with Gasteiger partial charge in [0, 0.05) is 16.9 Å². The first-order chi connectivity index (χ1) is 15.1. The summed E-state index contributed by atoms with van der Waals surface area (Å²) in [4.78, 5) is 16.9. The van der Waals surface area contributed by atoms with E-state index in [1.807, 2.05) is 66.1 Å². The number of thioether (sulfide) groups is 1. The van der Waals surface area contributed by atoms with E-state index in [1.165, 1.54) is 28.7 Å². The number of hydrogen-bond acceptors (Lipinski definition) is 6. The van der Waals surface area contributed by atoms with Gasteiger partial charge in [0.25, 0.3) is 5.91 Å². The van der Waals surface area contributed by atoms with E-state index in [9.17, 15) is 4.79 Å². The molecule has 4 aromatic rings. The predicted octanol–water partition coefficient (Wildman–Crippen LogP) is 4.95. The molecule has 0 spiro atoms. The molecule has 1 amide bonds. The number of hydrogen-bond donors (Lipinski definition) is 1. The van der Waals surface area contributed by atoms with Crippen LogP contribution in [0.4, 0.5) is 0 Å². The number of thiazole rings is 1. The van der Waals surface area contributed by atoms with Gasteiger partial charge in [-0.1, -0.05) is 59.8 Å². The molecule has 0 unspecified atom stereocenters. The molecule has 0 aliphatic heterocycles. The molecule has 31 heavy (non-hydrogen) atoms. The molecule has 9 heteroatoms. The van der Waals surface area contributed by atoms with E-state index >= 15 is 0 Å². The van der Waals surface area contributed by atoms with E-state index in [1.54, 1.807) is 5.38 Å². The van der Waals surface area contributed by atoms with Gasteiger partial charge in [0.1, 0.15) is 16.5 Å². The van der Waals surface area contributed by atoms with Crippen molar-refractivity contribution in [1.82, 2.24) is 25.1 Å². The lowest BCUT2D eigenvalue weighted by atomic mass is 10.1. The summed E-state index contributed by atoms with van der Waals surface area (Å²) in [5.41, 5.74) is 2.55. The Morgan fingerprint density at radius 2 is 2.00 bits per heavy atom. The third-order valence-corrected chi connectivity index (χ3v) is 6.72. The van der Waals surface area contributed by atoms with Crippen LogP contribution in [-0.4, -0.2) is 32.2 Å². The zero-order valence-electron chi connectivity index (χ0n) is 16.8. The number of rotatable bonds is 8. The highest BCUT2D eigenvalue weighted by Crippen LogP contribution is 2.27. The van der Waals surface area contributed by atoms with Crippen LogP contribution in [0.15, 0.2) is 65.1 Å². The Bertz CT molecular complexity index is 1180. The first-order valence-corrected chi connectivity index (χ1v) is 11.9. The van der Waals surface area contributed by atoms with Crippen LogP contribution >= 0.6 is 34.7 Å². The van der Waals surface area contributed by atoms with Crippen molar-refractivity contribution in [3.05, 3.63) is 87.1 Å². The van der Waals surface area contributed by atoms with E-state index in [2.05, 4.69) is 20.5 Å². The zero-order valence-corrected chi connectivity index (χ0v) is 19.2.